The molecule has 5 nitrogen and oxygen atoms in total. The van der Waals surface area contributed by atoms with E-state index in [1.54, 1.807) is 0 Å². The van der Waals surface area contributed by atoms with Crippen molar-refractivity contribution in [2.45, 2.75) is 12.5 Å². The summed E-state index contributed by atoms with van der Waals surface area (Å²) in [4.78, 5) is 0. The molecule has 1 aromatic heterocycles. The topological polar surface area (TPSA) is 66.5 Å². The number of nitrogens with zero attached hydrogens (tertiary/aromatic N) is 3. The molecule has 1 heterocycles. The van der Waals surface area contributed by atoms with E-state index in [4.69, 9.17) is 0 Å². The molecule has 0 saturated carbocycles. The van der Waals surface area contributed by atoms with E-state index in [0.717, 1.165) is 5.56 Å². The van der Waals surface area contributed by atoms with Crippen LogP contribution in [0.5, 0.6) is 0 Å². The van der Waals surface area contributed by atoms with Crippen LogP contribution in [0.15, 0.2) is 30.3 Å². The molecule has 5 heteroatoms. The predicted molar refractivity (Wildman–Crippen MR) is 56.1 cm³/mol. The van der Waals surface area contributed by atoms with Crippen LogP contribution in [0.4, 0.5) is 0 Å². The third-order valence-electron chi connectivity index (χ3n) is 2.64. The number of H-pyrrole nitrogens is 1. The zero-order chi connectivity index (χ0) is 10.7. The summed E-state index contributed by atoms with van der Waals surface area (Å²) in [6, 6.07) is 10.0. The Morgan fingerprint density at radius 1 is 1.27 bits per heavy atom. The summed E-state index contributed by atoms with van der Waals surface area (Å²) < 4.78 is 0. The summed E-state index contributed by atoms with van der Waals surface area (Å²) >= 11 is 0. The van der Waals surface area contributed by atoms with Crippen LogP contribution >= 0.6 is 0 Å². The number of aromatic nitrogens is 4. The summed E-state index contributed by atoms with van der Waals surface area (Å²) in [5.74, 6) is 0.635. The Bertz CT molecular complexity index is 411. The van der Waals surface area contributed by atoms with Gasteiger partial charge in [0, 0.05) is 0 Å². The van der Waals surface area contributed by atoms with Gasteiger partial charge < -0.3 is 5.32 Å². The molecule has 0 spiro atoms. The van der Waals surface area contributed by atoms with Crippen LogP contribution in [-0.4, -0.2) is 27.7 Å². The van der Waals surface area contributed by atoms with Gasteiger partial charge in [0.1, 0.15) is 5.54 Å². The first kappa shape index (κ1) is 9.79. The summed E-state index contributed by atoms with van der Waals surface area (Å²) in [6.45, 7) is 2.02. The van der Waals surface area contributed by atoms with Gasteiger partial charge in [0.2, 0.25) is 0 Å². The molecule has 2 N–H and O–H groups in total. The quantitative estimate of drug-likeness (QED) is 0.770. The van der Waals surface area contributed by atoms with Gasteiger partial charge in [-0.15, -0.1) is 10.2 Å². The highest BCUT2D eigenvalue weighted by molar-refractivity contribution is 5.29. The van der Waals surface area contributed by atoms with E-state index < -0.39 is 5.54 Å². The van der Waals surface area contributed by atoms with Gasteiger partial charge in [0.25, 0.3) is 0 Å². The number of hydrogen-bond acceptors (Lipinski definition) is 4. The van der Waals surface area contributed by atoms with Crippen molar-refractivity contribution in [1.29, 1.82) is 0 Å². The average Bonchev–Trinajstić information content (AvgIpc) is 2.83. The molecule has 2 rings (SSSR count). The van der Waals surface area contributed by atoms with Crippen LogP contribution < -0.4 is 5.32 Å². The number of nitrogens with one attached hydrogen (secondary N) is 2. The Morgan fingerprint density at radius 2 is 2.00 bits per heavy atom. The predicted octanol–water partition coefficient (Wildman–Crippen LogP) is 0.683. The lowest BCUT2D eigenvalue weighted by Gasteiger charge is -2.25. The minimum atomic E-state index is -0.408. The zero-order valence-corrected chi connectivity index (χ0v) is 8.73. The Hall–Kier alpha value is -1.75. The molecule has 1 aromatic carbocycles. The van der Waals surface area contributed by atoms with Crippen molar-refractivity contribution < 1.29 is 0 Å². The lowest BCUT2D eigenvalue weighted by atomic mass is 9.91. The van der Waals surface area contributed by atoms with Gasteiger partial charge in [-0.2, -0.15) is 5.21 Å². The van der Waals surface area contributed by atoms with Gasteiger partial charge >= 0.3 is 0 Å². The summed E-state index contributed by atoms with van der Waals surface area (Å²) in [5.41, 5.74) is 0.697. The maximum Gasteiger partial charge on any atom is 0.198 e. The first-order valence-corrected chi connectivity index (χ1v) is 4.76. The third kappa shape index (κ3) is 1.61. The molecule has 0 aliphatic heterocycles. The average molecular weight is 203 g/mol. The lowest BCUT2D eigenvalue weighted by molar-refractivity contribution is 0.455. The normalized spacial score (nSPS) is 14.8. The monoisotopic (exact) mass is 203 g/mol. The van der Waals surface area contributed by atoms with Crippen LogP contribution in [-0.2, 0) is 5.54 Å². The fourth-order valence-electron chi connectivity index (χ4n) is 1.53. The van der Waals surface area contributed by atoms with Crippen molar-refractivity contribution in [2.24, 2.45) is 0 Å². The Labute approximate surface area is 87.9 Å². The Kier molecular flexibility index (Phi) is 2.47. The van der Waals surface area contributed by atoms with E-state index in [-0.39, 0.29) is 0 Å². The van der Waals surface area contributed by atoms with Crippen molar-refractivity contribution in [3.05, 3.63) is 41.7 Å². The van der Waals surface area contributed by atoms with Crippen LogP contribution in [0, 0.1) is 0 Å². The second-order valence-corrected chi connectivity index (χ2v) is 3.48. The fraction of sp³-hybridized carbons (Fsp3) is 0.300. The molecular weight excluding hydrogens is 190 g/mol. The van der Waals surface area contributed by atoms with Gasteiger partial charge in [-0.3, -0.25) is 0 Å². The number of benzene rings is 1. The minimum absolute atomic E-state index is 0.408. The molecule has 0 saturated heterocycles. The zero-order valence-electron chi connectivity index (χ0n) is 8.73. The van der Waals surface area contributed by atoms with Crippen LogP contribution in [0.25, 0.3) is 0 Å². The van der Waals surface area contributed by atoms with Crippen LogP contribution in [0.1, 0.15) is 18.3 Å². The summed E-state index contributed by atoms with van der Waals surface area (Å²) in [6.07, 6.45) is 0. The summed E-state index contributed by atoms with van der Waals surface area (Å²) in [7, 11) is 1.88. The fourth-order valence-corrected chi connectivity index (χ4v) is 1.53. The molecular formula is C10H13N5. The molecule has 0 aliphatic rings. The maximum atomic E-state index is 4.03. The highest BCUT2D eigenvalue weighted by Crippen LogP contribution is 2.24. The number of aromatic amines is 1. The second-order valence-electron chi connectivity index (χ2n) is 3.48. The number of rotatable bonds is 3. The number of tetrazole rings is 1. The van der Waals surface area contributed by atoms with Crippen molar-refractivity contribution in [1.82, 2.24) is 25.9 Å². The number of hydrogen-bond donors (Lipinski definition) is 2. The SMILES string of the molecule is CNC(C)(c1ccccc1)c1nn[nH]n1. The smallest absolute Gasteiger partial charge is 0.198 e. The second kappa shape index (κ2) is 3.78. The van der Waals surface area contributed by atoms with E-state index in [1.807, 2.05) is 44.3 Å². The molecule has 0 amide bonds. The van der Waals surface area contributed by atoms with E-state index >= 15 is 0 Å². The minimum Gasteiger partial charge on any atom is -0.304 e. The van der Waals surface area contributed by atoms with Crippen LogP contribution in [0.3, 0.4) is 0 Å². The van der Waals surface area contributed by atoms with Gasteiger partial charge in [-0.1, -0.05) is 35.5 Å². The molecule has 0 aliphatic carbocycles. The standard InChI is InChI=1S/C10H13N5/c1-10(11-2,9-12-14-15-13-9)8-6-4-3-5-7-8/h3-7,11H,1-2H3,(H,12,13,14,15). The van der Waals surface area contributed by atoms with Gasteiger partial charge in [0.05, 0.1) is 0 Å². The molecule has 0 bridgehead atoms. The molecule has 0 radical (unpaired) electrons. The van der Waals surface area contributed by atoms with Gasteiger partial charge in [0.15, 0.2) is 5.82 Å². The first-order valence-electron chi connectivity index (χ1n) is 4.76. The highest BCUT2D eigenvalue weighted by atomic mass is 15.5. The molecule has 1 atom stereocenters. The molecule has 0 fully saturated rings. The van der Waals surface area contributed by atoms with E-state index in [1.165, 1.54) is 0 Å². The largest absolute Gasteiger partial charge is 0.304 e. The van der Waals surface area contributed by atoms with Crippen molar-refractivity contribution in [2.75, 3.05) is 7.05 Å². The van der Waals surface area contributed by atoms with Gasteiger partial charge in [-0.05, 0) is 19.5 Å². The summed E-state index contributed by atoms with van der Waals surface area (Å²) in [5, 5.41) is 17.3. The molecule has 78 valence electrons. The molecule has 2 aromatic rings. The van der Waals surface area contributed by atoms with E-state index in [9.17, 15) is 0 Å². The maximum absolute atomic E-state index is 4.03. The lowest BCUT2D eigenvalue weighted by Crippen LogP contribution is -2.39. The van der Waals surface area contributed by atoms with Crippen molar-refractivity contribution in [3.63, 3.8) is 0 Å². The Morgan fingerprint density at radius 3 is 2.53 bits per heavy atom. The molecule has 15 heavy (non-hydrogen) atoms. The van der Waals surface area contributed by atoms with E-state index in [0.29, 0.717) is 5.82 Å². The van der Waals surface area contributed by atoms with Gasteiger partial charge in [-0.25, -0.2) is 0 Å². The van der Waals surface area contributed by atoms with E-state index in [2.05, 4.69) is 25.9 Å². The Balaban J connectivity index is 2.47. The van der Waals surface area contributed by atoms with Crippen molar-refractivity contribution in [3.8, 4) is 0 Å². The first-order chi connectivity index (χ1) is 7.27. The molecule has 1 unspecified atom stereocenters. The third-order valence-corrected chi connectivity index (χ3v) is 2.64. The highest BCUT2D eigenvalue weighted by Gasteiger charge is 2.30. The van der Waals surface area contributed by atoms with Crippen LogP contribution in [0.2, 0.25) is 0 Å². The van der Waals surface area contributed by atoms with Crippen molar-refractivity contribution >= 4 is 0 Å².